The average Bonchev–Trinajstić information content (AvgIpc) is 2.39. The molecule has 0 aliphatic heterocycles. The Morgan fingerprint density at radius 2 is 1.74 bits per heavy atom. The van der Waals surface area contributed by atoms with Gasteiger partial charge in [-0.05, 0) is 28.7 Å². The summed E-state index contributed by atoms with van der Waals surface area (Å²) in [6.45, 7) is 6.56. The highest BCUT2D eigenvalue weighted by molar-refractivity contribution is 5.29. The molecule has 100 valence electrons. The molecule has 0 bridgehead atoms. The smallest absolute Gasteiger partial charge is 0.0845 e. The molecule has 1 unspecified atom stereocenters. The molecule has 1 aromatic carbocycles. The fourth-order valence-corrected chi connectivity index (χ4v) is 2.04. The summed E-state index contributed by atoms with van der Waals surface area (Å²) >= 11 is 0. The van der Waals surface area contributed by atoms with E-state index in [1.807, 2.05) is 30.3 Å². The van der Waals surface area contributed by atoms with E-state index in [1.165, 1.54) is 5.56 Å². The Hall–Kier alpha value is -1.67. The minimum atomic E-state index is -0.496. The van der Waals surface area contributed by atoms with Gasteiger partial charge in [-0.3, -0.25) is 4.98 Å². The van der Waals surface area contributed by atoms with Gasteiger partial charge in [-0.1, -0.05) is 51.1 Å². The first-order valence-corrected chi connectivity index (χ1v) is 6.65. The largest absolute Gasteiger partial charge is 0.388 e. The van der Waals surface area contributed by atoms with Crippen LogP contribution >= 0.6 is 0 Å². The van der Waals surface area contributed by atoms with Crippen LogP contribution in [0.5, 0.6) is 0 Å². The molecule has 0 radical (unpaired) electrons. The molecule has 0 amide bonds. The van der Waals surface area contributed by atoms with Crippen LogP contribution in [-0.2, 0) is 11.8 Å². The van der Waals surface area contributed by atoms with Crippen molar-refractivity contribution in [3.05, 3.63) is 65.5 Å². The molecule has 1 heterocycles. The quantitative estimate of drug-likeness (QED) is 0.908. The van der Waals surface area contributed by atoms with Gasteiger partial charge in [0, 0.05) is 18.3 Å². The third-order valence-corrected chi connectivity index (χ3v) is 3.29. The maximum atomic E-state index is 10.2. The summed E-state index contributed by atoms with van der Waals surface area (Å²) < 4.78 is 0. The SMILES string of the molecule is CC(C)(C)c1ccc(C(O)Cc2ccccn2)cc1. The van der Waals surface area contributed by atoms with E-state index in [0.717, 1.165) is 11.3 Å². The molecule has 2 aromatic rings. The molecule has 2 nitrogen and oxygen atoms in total. The van der Waals surface area contributed by atoms with E-state index in [9.17, 15) is 5.11 Å². The van der Waals surface area contributed by atoms with Gasteiger partial charge in [0.1, 0.15) is 0 Å². The van der Waals surface area contributed by atoms with Gasteiger partial charge in [0.2, 0.25) is 0 Å². The van der Waals surface area contributed by atoms with Crippen molar-refractivity contribution < 1.29 is 5.11 Å². The Labute approximate surface area is 115 Å². The number of aromatic nitrogens is 1. The molecule has 0 saturated carbocycles. The monoisotopic (exact) mass is 255 g/mol. The lowest BCUT2D eigenvalue weighted by Gasteiger charge is -2.20. The zero-order chi connectivity index (χ0) is 13.9. The lowest BCUT2D eigenvalue weighted by atomic mass is 9.86. The minimum Gasteiger partial charge on any atom is -0.388 e. The Balaban J connectivity index is 2.10. The van der Waals surface area contributed by atoms with E-state index in [1.54, 1.807) is 6.20 Å². The van der Waals surface area contributed by atoms with Crippen molar-refractivity contribution in [3.8, 4) is 0 Å². The van der Waals surface area contributed by atoms with Gasteiger partial charge in [-0.25, -0.2) is 0 Å². The lowest BCUT2D eigenvalue weighted by molar-refractivity contribution is 0.177. The van der Waals surface area contributed by atoms with Crippen molar-refractivity contribution in [1.82, 2.24) is 4.98 Å². The average molecular weight is 255 g/mol. The molecule has 1 N–H and O–H groups in total. The van der Waals surface area contributed by atoms with Crippen molar-refractivity contribution in [2.45, 2.75) is 38.7 Å². The predicted octanol–water partition coefficient (Wildman–Crippen LogP) is 3.66. The summed E-state index contributed by atoms with van der Waals surface area (Å²) in [5.41, 5.74) is 3.28. The van der Waals surface area contributed by atoms with Gasteiger partial charge in [0.25, 0.3) is 0 Å². The summed E-state index contributed by atoms with van der Waals surface area (Å²) in [6, 6.07) is 14.0. The van der Waals surface area contributed by atoms with Crippen LogP contribution in [0.3, 0.4) is 0 Å². The van der Waals surface area contributed by atoms with Crippen molar-refractivity contribution in [3.63, 3.8) is 0 Å². The third kappa shape index (κ3) is 3.65. The van der Waals surface area contributed by atoms with Crippen LogP contribution in [0.25, 0.3) is 0 Å². The summed E-state index contributed by atoms with van der Waals surface area (Å²) in [7, 11) is 0. The zero-order valence-corrected chi connectivity index (χ0v) is 11.8. The van der Waals surface area contributed by atoms with Gasteiger partial charge >= 0.3 is 0 Å². The molecule has 0 aliphatic carbocycles. The first kappa shape index (κ1) is 13.8. The Bertz CT molecular complexity index is 511. The van der Waals surface area contributed by atoms with Gasteiger partial charge in [-0.15, -0.1) is 0 Å². The lowest BCUT2D eigenvalue weighted by Crippen LogP contribution is -2.11. The minimum absolute atomic E-state index is 0.143. The standard InChI is InChI=1S/C17H21NO/c1-17(2,3)14-9-7-13(8-10-14)16(19)12-15-6-4-5-11-18-15/h4-11,16,19H,12H2,1-3H3. The summed E-state index contributed by atoms with van der Waals surface area (Å²) in [6.07, 6.45) is 1.81. The molecule has 0 fully saturated rings. The van der Waals surface area contributed by atoms with Crippen molar-refractivity contribution in [2.24, 2.45) is 0 Å². The second kappa shape index (κ2) is 5.54. The molecular weight excluding hydrogens is 234 g/mol. The third-order valence-electron chi connectivity index (χ3n) is 3.29. The predicted molar refractivity (Wildman–Crippen MR) is 78.0 cm³/mol. The van der Waals surface area contributed by atoms with Crippen molar-refractivity contribution in [1.29, 1.82) is 0 Å². The number of pyridine rings is 1. The highest BCUT2D eigenvalue weighted by atomic mass is 16.3. The normalized spacial score (nSPS) is 13.3. The van der Waals surface area contributed by atoms with Gasteiger partial charge < -0.3 is 5.11 Å². The van der Waals surface area contributed by atoms with Crippen molar-refractivity contribution in [2.75, 3.05) is 0 Å². The van der Waals surface area contributed by atoms with E-state index in [2.05, 4.69) is 37.9 Å². The molecule has 0 saturated heterocycles. The second-order valence-electron chi connectivity index (χ2n) is 5.91. The van der Waals surface area contributed by atoms with Gasteiger partial charge in [0.05, 0.1) is 6.10 Å². The van der Waals surface area contributed by atoms with Gasteiger partial charge in [0.15, 0.2) is 0 Å². The number of hydrogen-bond acceptors (Lipinski definition) is 2. The first-order valence-electron chi connectivity index (χ1n) is 6.65. The van der Waals surface area contributed by atoms with Crippen LogP contribution in [0.15, 0.2) is 48.7 Å². The summed E-state index contributed by atoms with van der Waals surface area (Å²) in [5.74, 6) is 0. The highest BCUT2D eigenvalue weighted by Crippen LogP contribution is 2.24. The van der Waals surface area contributed by atoms with Crippen molar-refractivity contribution >= 4 is 0 Å². The Morgan fingerprint density at radius 1 is 1.05 bits per heavy atom. The first-order chi connectivity index (χ1) is 8.97. The maximum Gasteiger partial charge on any atom is 0.0845 e. The van der Waals surface area contributed by atoms with E-state index < -0.39 is 6.10 Å². The topological polar surface area (TPSA) is 33.1 Å². The van der Waals surface area contributed by atoms with Crippen LogP contribution in [0.2, 0.25) is 0 Å². The Kier molecular flexibility index (Phi) is 4.01. The van der Waals surface area contributed by atoms with Crippen LogP contribution in [0.1, 0.15) is 43.7 Å². The second-order valence-corrected chi connectivity index (χ2v) is 5.91. The van der Waals surface area contributed by atoms with Crippen LogP contribution < -0.4 is 0 Å². The highest BCUT2D eigenvalue weighted by Gasteiger charge is 2.15. The summed E-state index contributed by atoms with van der Waals surface area (Å²) in [4.78, 5) is 4.24. The van der Waals surface area contributed by atoms with Crippen LogP contribution in [-0.4, -0.2) is 10.1 Å². The maximum absolute atomic E-state index is 10.2. The molecule has 1 aromatic heterocycles. The number of benzene rings is 1. The fourth-order valence-electron chi connectivity index (χ4n) is 2.04. The van der Waals surface area contributed by atoms with Crippen LogP contribution in [0.4, 0.5) is 0 Å². The number of hydrogen-bond donors (Lipinski definition) is 1. The summed E-state index contributed by atoms with van der Waals surface area (Å²) in [5, 5.41) is 10.2. The molecule has 19 heavy (non-hydrogen) atoms. The van der Waals surface area contributed by atoms with E-state index in [-0.39, 0.29) is 5.41 Å². The molecule has 2 heteroatoms. The molecule has 0 aliphatic rings. The van der Waals surface area contributed by atoms with E-state index in [4.69, 9.17) is 0 Å². The number of aliphatic hydroxyl groups excluding tert-OH is 1. The molecule has 0 spiro atoms. The van der Waals surface area contributed by atoms with Gasteiger partial charge in [-0.2, -0.15) is 0 Å². The number of rotatable bonds is 3. The fraction of sp³-hybridized carbons (Fsp3) is 0.353. The van der Waals surface area contributed by atoms with E-state index >= 15 is 0 Å². The molecule has 1 atom stereocenters. The Morgan fingerprint density at radius 3 is 2.26 bits per heavy atom. The van der Waals surface area contributed by atoms with E-state index in [0.29, 0.717) is 6.42 Å². The van der Waals surface area contributed by atoms with Crippen LogP contribution in [0, 0.1) is 0 Å². The molecule has 2 rings (SSSR count). The zero-order valence-electron chi connectivity index (χ0n) is 11.8. The number of nitrogens with zero attached hydrogens (tertiary/aromatic N) is 1. The number of aliphatic hydroxyl groups is 1. The molecular formula is C17H21NO.